The smallest absolute Gasteiger partial charge is 0.313 e. The molecule has 0 saturated carbocycles. The zero-order valence-electron chi connectivity index (χ0n) is 11.4. The molecule has 0 fully saturated rings. The van der Waals surface area contributed by atoms with E-state index in [0.717, 1.165) is 11.4 Å². The van der Waals surface area contributed by atoms with Crippen LogP contribution in [0.5, 0.6) is 0 Å². The Labute approximate surface area is 120 Å². The zero-order valence-corrected chi connectivity index (χ0v) is 12.3. The van der Waals surface area contributed by atoms with Crippen LogP contribution in [-0.4, -0.2) is 21.3 Å². The Morgan fingerprint density at radius 3 is 2.95 bits per heavy atom. The fourth-order valence-corrected chi connectivity index (χ4v) is 2.86. The van der Waals surface area contributed by atoms with Crippen LogP contribution in [0, 0.1) is 5.82 Å². The van der Waals surface area contributed by atoms with E-state index in [1.807, 2.05) is 19.9 Å². The van der Waals surface area contributed by atoms with Gasteiger partial charge in [0, 0.05) is 23.5 Å². The van der Waals surface area contributed by atoms with Gasteiger partial charge in [-0.15, -0.1) is 5.10 Å². The predicted molar refractivity (Wildman–Crippen MR) is 76.4 cm³/mol. The molecule has 0 unspecified atom stereocenters. The van der Waals surface area contributed by atoms with E-state index >= 15 is 0 Å². The van der Waals surface area contributed by atoms with E-state index in [2.05, 4.69) is 15.5 Å². The quantitative estimate of drug-likeness (QED) is 0.856. The Morgan fingerprint density at radius 1 is 1.45 bits per heavy atom. The Morgan fingerprint density at radius 2 is 2.25 bits per heavy atom. The van der Waals surface area contributed by atoms with Crippen LogP contribution in [0.1, 0.15) is 19.4 Å². The van der Waals surface area contributed by atoms with Crippen LogP contribution in [0.25, 0.3) is 0 Å². The summed E-state index contributed by atoms with van der Waals surface area (Å²) in [5.41, 5.74) is 0.345. The largest absolute Gasteiger partial charge is 0.343 e. The minimum absolute atomic E-state index is 0.250. The van der Waals surface area contributed by atoms with Crippen molar-refractivity contribution in [1.29, 1.82) is 0 Å². The number of benzene rings is 1. The predicted octanol–water partition coefficient (Wildman–Crippen LogP) is 1.99. The number of hydrogen-bond donors (Lipinski definition) is 2. The standard InChI is InChI=1S/C13H17FN4OS/c1-3-15-8-9-10(14)6-5-7-11(9)20-13-17-16-12(19)18(13)4-2/h5-7,15H,3-4,8H2,1-2H3,(H,16,19). The van der Waals surface area contributed by atoms with Crippen molar-refractivity contribution in [2.24, 2.45) is 0 Å². The molecule has 7 heteroatoms. The number of hydrogen-bond acceptors (Lipinski definition) is 4. The second-order valence-electron chi connectivity index (χ2n) is 4.15. The molecule has 5 nitrogen and oxygen atoms in total. The number of aromatic amines is 1. The number of rotatable bonds is 6. The summed E-state index contributed by atoms with van der Waals surface area (Å²) >= 11 is 1.29. The lowest BCUT2D eigenvalue weighted by atomic mass is 10.2. The molecule has 20 heavy (non-hydrogen) atoms. The highest BCUT2D eigenvalue weighted by Gasteiger charge is 2.13. The van der Waals surface area contributed by atoms with Gasteiger partial charge in [-0.05, 0) is 37.4 Å². The maximum absolute atomic E-state index is 13.9. The lowest BCUT2D eigenvalue weighted by Crippen LogP contribution is -2.16. The highest BCUT2D eigenvalue weighted by Crippen LogP contribution is 2.29. The lowest BCUT2D eigenvalue weighted by molar-refractivity contribution is 0.585. The zero-order chi connectivity index (χ0) is 14.5. The summed E-state index contributed by atoms with van der Waals surface area (Å²) in [4.78, 5) is 12.3. The van der Waals surface area contributed by atoms with Crippen LogP contribution in [0.15, 0.2) is 33.0 Å². The number of halogens is 1. The van der Waals surface area contributed by atoms with E-state index in [9.17, 15) is 9.18 Å². The van der Waals surface area contributed by atoms with Crippen molar-refractivity contribution in [3.8, 4) is 0 Å². The van der Waals surface area contributed by atoms with Crippen LogP contribution < -0.4 is 11.0 Å². The number of nitrogens with zero attached hydrogens (tertiary/aromatic N) is 2. The van der Waals surface area contributed by atoms with E-state index in [0.29, 0.717) is 23.8 Å². The maximum Gasteiger partial charge on any atom is 0.343 e. The van der Waals surface area contributed by atoms with Crippen LogP contribution in [-0.2, 0) is 13.1 Å². The molecule has 1 aromatic carbocycles. The third-order valence-corrected chi connectivity index (χ3v) is 3.97. The van der Waals surface area contributed by atoms with Crippen molar-refractivity contribution >= 4 is 11.8 Å². The molecule has 2 aromatic rings. The second kappa shape index (κ2) is 6.71. The molecule has 0 aliphatic heterocycles. The van der Waals surface area contributed by atoms with E-state index in [1.165, 1.54) is 22.4 Å². The molecular formula is C13H17FN4OS. The van der Waals surface area contributed by atoms with Crippen molar-refractivity contribution in [2.45, 2.75) is 37.0 Å². The molecule has 1 aromatic heterocycles. The van der Waals surface area contributed by atoms with Crippen LogP contribution >= 0.6 is 11.8 Å². The lowest BCUT2D eigenvalue weighted by Gasteiger charge is -2.10. The van der Waals surface area contributed by atoms with E-state index in [4.69, 9.17) is 0 Å². The third-order valence-electron chi connectivity index (χ3n) is 2.87. The molecule has 0 aliphatic carbocycles. The van der Waals surface area contributed by atoms with Gasteiger partial charge in [-0.2, -0.15) is 0 Å². The SMILES string of the molecule is CCNCc1c(F)cccc1Sc1n[nH]c(=O)n1CC. The number of aromatic nitrogens is 3. The Hall–Kier alpha value is -1.60. The van der Waals surface area contributed by atoms with Crippen molar-refractivity contribution in [2.75, 3.05) is 6.54 Å². The van der Waals surface area contributed by atoms with E-state index in [1.54, 1.807) is 6.07 Å². The first-order valence-electron chi connectivity index (χ1n) is 6.48. The van der Waals surface area contributed by atoms with Crippen LogP contribution in [0.2, 0.25) is 0 Å². The van der Waals surface area contributed by atoms with Crippen molar-refractivity contribution in [1.82, 2.24) is 20.1 Å². The van der Waals surface area contributed by atoms with Gasteiger partial charge in [0.25, 0.3) is 0 Å². The van der Waals surface area contributed by atoms with Crippen molar-refractivity contribution in [3.63, 3.8) is 0 Å². The fraction of sp³-hybridized carbons (Fsp3) is 0.385. The molecule has 0 spiro atoms. The summed E-state index contributed by atoms with van der Waals surface area (Å²) in [5, 5.41) is 10.0. The Bertz CT molecular complexity index is 638. The first kappa shape index (κ1) is 14.8. The van der Waals surface area contributed by atoms with Crippen LogP contribution in [0.3, 0.4) is 0 Å². The van der Waals surface area contributed by atoms with Gasteiger partial charge >= 0.3 is 5.69 Å². The highest BCUT2D eigenvalue weighted by molar-refractivity contribution is 7.99. The molecule has 1 heterocycles. The summed E-state index contributed by atoms with van der Waals surface area (Å²) in [7, 11) is 0. The minimum atomic E-state index is -0.253. The molecule has 108 valence electrons. The van der Waals surface area contributed by atoms with Gasteiger partial charge in [-0.25, -0.2) is 14.3 Å². The Kier molecular flexibility index (Phi) is 4.97. The summed E-state index contributed by atoms with van der Waals surface area (Å²) in [5.74, 6) is -0.253. The van der Waals surface area contributed by atoms with Gasteiger partial charge in [0.05, 0.1) is 0 Å². The molecule has 0 saturated heterocycles. The summed E-state index contributed by atoms with van der Waals surface area (Å²) < 4.78 is 15.4. The molecule has 0 amide bonds. The van der Waals surface area contributed by atoms with Gasteiger partial charge in [0.1, 0.15) is 5.82 Å². The fourth-order valence-electron chi connectivity index (χ4n) is 1.81. The first-order chi connectivity index (χ1) is 9.67. The second-order valence-corrected chi connectivity index (χ2v) is 5.16. The monoisotopic (exact) mass is 296 g/mol. The minimum Gasteiger partial charge on any atom is -0.313 e. The third kappa shape index (κ3) is 3.10. The van der Waals surface area contributed by atoms with Crippen molar-refractivity contribution < 1.29 is 4.39 Å². The first-order valence-corrected chi connectivity index (χ1v) is 7.30. The van der Waals surface area contributed by atoms with Gasteiger partial charge in [-0.3, -0.25) is 4.57 Å². The molecular weight excluding hydrogens is 279 g/mol. The molecule has 0 aliphatic rings. The normalized spacial score (nSPS) is 10.9. The number of nitrogens with one attached hydrogen (secondary N) is 2. The summed E-state index contributed by atoms with van der Waals surface area (Å²) in [6, 6.07) is 4.93. The highest BCUT2D eigenvalue weighted by atomic mass is 32.2. The topological polar surface area (TPSA) is 62.7 Å². The summed E-state index contributed by atoms with van der Waals surface area (Å²) in [6.45, 7) is 5.57. The van der Waals surface area contributed by atoms with E-state index < -0.39 is 0 Å². The van der Waals surface area contributed by atoms with Gasteiger partial charge in [-0.1, -0.05) is 13.0 Å². The van der Waals surface area contributed by atoms with E-state index in [-0.39, 0.29) is 11.5 Å². The molecule has 0 radical (unpaired) electrons. The number of H-pyrrole nitrogens is 1. The molecule has 0 atom stereocenters. The molecule has 0 bridgehead atoms. The van der Waals surface area contributed by atoms with Gasteiger partial charge in [0.2, 0.25) is 0 Å². The maximum atomic E-state index is 13.9. The van der Waals surface area contributed by atoms with Gasteiger partial charge in [0.15, 0.2) is 5.16 Å². The van der Waals surface area contributed by atoms with Crippen LogP contribution in [0.4, 0.5) is 4.39 Å². The average molecular weight is 296 g/mol. The average Bonchev–Trinajstić information content (AvgIpc) is 2.78. The van der Waals surface area contributed by atoms with Gasteiger partial charge < -0.3 is 5.32 Å². The molecule has 2 rings (SSSR count). The molecule has 2 N–H and O–H groups in total. The summed E-state index contributed by atoms with van der Waals surface area (Å²) in [6.07, 6.45) is 0. The Balaban J connectivity index is 2.33. The van der Waals surface area contributed by atoms with Crippen molar-refractivity contribution in [3.05, 3.63) is 40.1 Å².